The van der Waals surface area contributed by atoms with E-state index in [0.717, 1.165) is 9.88 Å². The minimum Gasteiger partial charge on any atom is -0.449 e. The van der Waals surface area contributed by atoms with Crippen molar-refractivity contribution >= 4 is 34.7 Å². The molecule has 0 unspecified atom stereocenters. The molecule has 2 rings (SSSR count). The molecule has 2 aromatic heterocycles. The first kappa shape index (κ1) is 14.5. The molecule has 0 saturated heterocycles. The molecule has 0 aliphatic heterocycles. The summed E-state index contributed by atoms with van der Waals surface area (Å²) in [6.07, 6.45) is -0.577. The zero-order valence-corrected chi connectivity index (χ0v) is 12.3. The van der Waals surface area contributed by atoms with Crippen LogP contribution in [0.3, 0.4) is 0 Å². The van der Waals surface area contributed by atoms with Crippen LogP contribution in [-0.2, 0) is 16.0 Å². The van der Waals surface area contributed by atoms with E-state index in [1.54, 1.807) is 18.3 Å². The van der Waals surface area contributed by atoms with E-state index in [4.69, 9.17) is 0 Å². The molecule has 2 N–H and O–H groups in total. The number of nitrogens with zero attached hydrogens (tertiary/aromatic N) is 1. The molecular formula is C12H13N3O3S2. The lowest BCUT2D eigenvalue weighted by Gasteiger charge is -2.05. The second kappa shape index (κ2) is 7.01. The van der Waals surface area contributed by atoms with Crippen molar-refractivity contribution in [2.24, 2.45) is 0 Å². The molecule has 0 aliphatic rings. The number of nitrogens with one attached hydrogen (secondary N) is 2. The lowest BCUT2D eigenvalue weighted by molar-refractivity contribution is -0.121. The SMILES string of the molecule is CCOC(=O)NNC(=O)Cc1csc(-c2cccs2)n1. The maximum Gasteiger partial charge on any atom is 0.426 e. The van der Waals surface area contributed by atoms with Crippen molar-refractivity contribution in [2.75, 3.05) is 6.61 Å². The van der Waals surface area contributed by atoms with E-state index in [-0.39, 0.29) is 18.9 Å². The third-order valence-corrected chi connectivity index (χ3v) is 4.13. The molecule has 2 aromatic rings. The van der Waals surface area contributed by atoms with Crippen LogP contribution >= 0.6 is 22.7 Å². The first-order chi connectivity index (χ1) is 9.69. The number of hydrogen-bond donors (Lipinski definition) is 2. The van der Waals surface area contributed by atoms with Crippen LogP contribution in [0.25, 0.3) is 9.88 Å². The highest BCUT2D eigenvalue weighted by Gasteiger charge is 2.10. The second-order valence-corrected chi connectivity index (χ2v) is 5.50. The van der Waals surface area contributed by atoms with Gasteiger partial charge in [0.1, 0.15) is 5.01 Å². The number of hydrogen-bond acceptors (Lipinski definition) is 6. The normalized spacial score (nSPS) is 10.1. The number of thiazole rings is 1. The fourth-order valence-electron chi connectivity index (χ4n) is 1.40. The van der Waals surface area contributed by atoms with E-state index in [1.807, 2.05) is 22.9 Å². The summed E-state index contributed by atoms with van der Waals surface area (Å²) < 4.78 is 4.62. The van der Waals surface area contributed by atoms with Gasteiger partial charge in [-0.2, -0.15) is 0 Å². The van der Waals surface area contributed by atoms with Gasteiger partial charge in [-0.1, -0.05) is 6.07 Å². The molecule has 0 bridgehead atoms. The lowest BCUT2D eigenvalue weighted by atomic mass is 10.3. The summed E-state index contributed by atoms with van der Waals surface area (Å²) in [6, 6.07) is 3.94. The third kappa shape index (κ3) is 4.04. The Kier molecular flexibility index (Phi) is 5.08. The van der Waals surface area contributed by atoms with Crippen molar-refractivity contribution in [3.05, 3.63) is 28.6 Å². The molecule has 0 atom stereocenters. The van der Waals surface area contributed by atoms with Gasteiger partial charge in [0.05, 0.1) is 23.6 Å². The summed E-state index contributed by atoms with van der Waals surface area (Å²) in [5.41, 5.74) is 5.09. The van der Waals surface area contributed by atoms with Gasteiger partial charge in [-0.15, -0.1) is 22.7 Å². The van der Waals surface area contributed by atoms with Crippen LogP contribution in [0.1, 0.15) is 12.6 Å². The summed E-state index contributed by atoms with van der Waals surface area (Å²) in [5.74, 6) is -0.346. The molecule has 8 heteroatoms. The number of ether oxygens (including phenoxy) is 1. The monoisotopic (exact) mass is 311 g/mol. The van der Waals surface area contributed by atoms with Gasteiger partial charge in [-0.25, -0.2) is 15.2 Å². The number of rotatable bonds is 4. The minimum absolute atomic E-state index is 0.105. The van der Waals surface area contributed by atoms with Crippen molar-refractivity contribution < 1.29 is 14.3 Å². The highest BCUT2D eigenvalue weighted by molar-refractivity contribution is 7.20. The quantitative estimate of drug-likeness (QED) is 0.848. The van der Waals surface area contributed by atoms with Gasteiger partial charge in [0.25, 0.3) is 0 Å². The number of thiophene rings is 1. The maximum atomic E-state index is 11.6. The van der Waals surface area contributed by atoms with Crippen LogP contribution in [0.15, 0.2) is 22.9 Å². The molecule has 2 heterocycles. The molecule has 0 radical (unpaired) electrons. The van der Waals surface area contributed by atoms with Crippen molar-refractivity contribution in [3.8, 4) is 9.88 Å². The van der Waals surface area contributed by atoms with Gasteiger partial charge in [-0.05, 0) is 18.4 Å². The Hall–Kier alpha value is -1.93. The predicted molar refractivity (Wildman–Crippen MR) is 77.4 cm³/mol. The fraction of sp³-hybridized carbons (Fsp3) is 0.250. The fourth-order valence-corrected chi connectivity index (χ4v) is 3.03. The smallest absolute Gasteiger partial charge is 0.426 e. The zero-order chi connectivity index (χ0) is 14.4. The molecule has 6 nitrogen and oxygen atoms in total. The van der Waals surface area contributed by atoms with E-state index < -0.39 is 6.09 Å². The summed E-state index contributed by atoms with van der Waals surface area (Å²) in [4.78, 5) is 28.1. The van der Waals surface area contributed by atoms with E-state index in [9.17, 15) is 9.59 Å². The predicted octanol–water partition coefficient (Wildman–Crippen LogP) is 2.19. The van der Waals surface area contributed by atoms with Gasteiger partial charge in [0.15, 0.2) is 0 Å². The first-order valence-corrected chi connectivity index (χ1v) is 7.65. The largest absolute Gasteiger partial charge is 0.449 e. The highest BCUT2D eigenvalue weighted by Crippen LogP contribution is 2.27. The van der Waals surface area contributed by atoms with E-state index in [1.165, 1.54) is 11.3 Å². The summed E-state index contributed by atoms with van der Waals surface area (Å²) in [5, 5.41) is 4.70. The Morgan fingerprint density at radius 1 is 1.35 bits per heavy atom. The summed E-state index contributed by atoms with van der Waals surface area (Å²) >= 11 is 3.09. The van der Waals surface area contributed by atoms with Crippen LogP contribution in [0.2, 0.25) is 0 Å². The summed E-state index contributed by atoms with van der Waals surface area (Å²) in [7, 11) is 0. The maximum absolute atomic E-state index is 11.6. The molecule has 2 amide bonds. The molecular weight excluding hydrogens is 298 g/mol. The number of carbonyl (C=O) groups excluding carboxylic acids is 2. The van der Waals surface area contributed by atoms with Crippen molar-refractivity contribution in [1.29, 1.82) is 0 Å². The molecule has 0 aliphatic carbocycles. The minimum atomic E-state index is -0.682. The lowest BCUT2D eigenvalue weighted by Crippen LogP contribution is -2.42. The van der Waals surface area contributed by atoms with Gasteiger partial charge in [0.2, 0.25) is 5.91 Å². The van der Waals surface area contributed by atoms with Crippen molar-refractivity contribution in [3.63, 3.8) is 0 Å². The Morgan fingerprint density at radius 2 is 2.20 bits per heavy atom. The Balaban J connectivity index is 1.84. The van der Waals surface area contributed by atoms with Crippen LogP contribution in [0, 0.1) is 0 Å². The Bertz CT molecular complexity index is 581. The second-order valence-electron chi connectivity index (χ2n) is 3.69. The number of aromatic nitrogens is 1. The molecule has 106 valence electrons. The third-order valence-electron chi connectivity index (χ3n) is 2.20. The van der Waals surface area contributed by atoms with E-state index >= 15 is 0 Å². The standard InChI is InChI=1S/C12H13N3O3S2/c1-2-18-12(17)15-14-10(16)6-8-7-20-11(13-8)9-4-3-5-19-9/h3-5,7H,2,6H2,1H3,(H,14,16)(H,15,17). The van der Waals surface area contributed by atoms with Gasteiger partial charge in [-0.3, -0.25) is 10.2 Å². The molecule has 0 saturated carbocycles. The van der Waals surface area contributed by atoms with E-state index in [2.05, 4.69) is 20.6 Å². The highest BCUT2D eigenvalue weighted by atomic mass is 32.1. The van der Waals surface area contributed by atoms with Gasteiger partial charge >= 0.3 is 6.09 Å². The van der Waals surface area contributed by atoms with E-state index in [0.29, 0.717) is 5.69 Å². The molecule has 0 aromatic carbocycles. The van der Waals surface area contributed by atoms with Crippen LogP contribution < -0.4 is 10.9 Å². The van der Waals surface area contributed by atoms with Crippen molar-refractivity contribution in [1.82, 2.24) is 15.8 Å². The van der Waals surface area contributed by atoms with Gasteiger partial charge in [0, 0.05) is 5.38 Å². The number of hydrazine groups is 1. The topological polar surface area (TPSA) is 80.3 Å². The number of amides is 2. The van der Waals surface area contributed by atoms with Crippen LogP contribution in [0.5, 0.6) is 0 Å². The molecule has 20 heavy (non-hydrogen) atoms. The van der Waals surface area contributed by atoms with Crippen LogP contribution in [0.4, 0.5) is 4.79 Å². The molecule has 0 fully saturated rings. The van der Waals surface area contributed by atoms with Crippen LogP contribution in [-0.4, -0.2) is 23.6 Å². The summed E-state index contributed by atoms with van der Waals surface area (Å²) in [6.45, 7) is 1.93. The average Bonchev–Trinajstić information content (AvgIpc) is 3.07. The zero-order valence-electron chi connectivity index (χ0n) is 10.7. The van der Waals surface area contributed by atoms with Crippen molar-refractivity contribution in [2.45, 2.75) is 13.3 Å². The Labute approximate surface area is 123 Å². The average molecular weight is 311 g/mol. The Morgan fingerprint density at radius 3 is 2.90 bits per heavy atom. The molecule has 0 spiro atoms. The first-order valence-electron chi connectivity index (χ1n) is 5.89. The number of carbonyl (C=O) groups is 2. The van der Waals surface area contributed by atoms with Gasteiger partial charge < -0.3 is 4.74 Å².